The summed E-state index contributed by atoms with van der Waals surface area (Å²) in [6.45, 7) is 10.5. The van der Waals surface area contributed by atoms with Crippen LogP contribution in [-0.2, 0) is 47.2 Å². The second-order valence-corrected chi connectivity index (χ2v) is 20.9. The predicted molar refractivity (Wildman–Crippen MR) is 276 cm³/mol. The van der Waals surface area contributed by atoms with Gasteiger partial charge in [0.1, 0.15) is 44.1 Å². The van der Waals surface area contributed by atoms with Gasteiger partial charge in [0.25, 0.3) is 5.91 Å². The molecule has 5 rings (SSSR count). The lowest BCUT2D eigenvalue weighted by molar-refractivity contribution is -0.385. The first-order valence-corrected chi connectivity index (χ1v) is 27.4. The lowest BCUT2D eigenvalue weighted by Crippen LogP contribution is -2.47. The van der Waals surface area contributed by atoms with E-state index < -0.39 is 47.9 Å². The highest BCUT2D eigenvalue weighted by Crippen LogP contribution is 2.39. The summed E-state index contributed by atoms with van der Waals surface area (Å²) >= 11 is 22.7. The van der Waals surface area contributed by atoms with Crippen molar-refractivity contribution < 1.29 is 70.9 Å². The van der Waals surface area contributed by atoms with Crippen LogP contribution >= 0.6 is 54.0 Å². The molecule has 0 saturated heterocycles. The van der Waals surface area contributed by atoms with Crippen molar-refractivity contribution in [1.82, 2.24) is 5.32 Å². The zero-order valence-electron chi connectivity index (χ0n) is 40.5. The van der Waals surface area contributed by atoms with Gasteiger partial charge in [0, 0.05) is 18.7 Å². The number of hydrogen-bond acceptors (Lipinski definition) is 12. The van der Waals surface area contributed by atoms with Crippen molar-refractivity contribution in [3.05, 3.63) is 111 Å². The van der Waals surface area contributed by atoms with Crippen LogP contribution in [0.5, 0.6) is 23.0 Å². The molecule has 2 amide bonds. The number of carboxylic acid groups (broad SMARTS) is 1. The Bertz CT molecular complexity index is 2420. The van der Waals surface area contributed by atoms with E-state index in [4.69, 9.17) is 75.4 Å². The standard InChI is InChI=1S/C15H11ClF3NO4.C14H20ClNO2.C11H11Cl2NO2.C3H8NO5P.C3H9S/c1-2-23-14-8-10(4-5-12(14)20(21)22)24-13-6-3-9(7-11(13)16)15(17,18)19;1-4-12-8-6-7-11(3)14(12)16(10-18-5-2)13(17)9-15;1-7-6-16-9-5-3-2-4-8(9)14(7)11(15)10(12)13;5-3(6)1-4-2-10(7,8)9;1-4(2)3/h3-8H,2H2,1H3;6-8H,4-5,9-10H2,1-3H3;2-5,7,10H,6H2,1H3;4H,1-2H2,(H,5,6)(H2,7,8,9);1-3H3/q;;;;+1/p-1. The molecule has 0 saturated carbocycles. The highest BCUT2D eigenvalue weighted by molar-refractivity contribution is 7.94. The van der Waals surface area contributed by atoms with Gasteiger partial charge in [-0.05, 0) is 92.5 Å². The Morgan fingerprint density at radius 3 is 2.17 bits per heavy atom. The van der Waals surface area contributed by atoms with Crippen LogP contribution in [0.4, 0.5) is 30.2 Å². The smallest absolute Gasteiger partial charge is 0.416 e. The van der Waals surface area contributed by atoms with Gasteiger partial charge in [-0.25, -0.2) is 0 Å². The third-order valence-corrected chi connectivity index (χ3v) is 10.3. The Labute approximate surface area is 439 Å². The molecule has 26 heteroatoms. The quantitative estimate of drug-likeness (QED) is 0.0237. The monoisotopic (exact) mass is 1130 g/mol. The molecule has 0 aliphatic carbocycles. The average molecular weight is 1140 g/mol. The summed E-state index contributed by atoms with van der Waals surface area (Å²) in [6.07, 6.45) is 2.23. The maximum Gasteiger partial charge on any atom is 0.416 e. The molecule has 2 atom stereocenters. The topological polar surface area (TPSA) is 230 Å². The van der Waals surface area contributed by atoms with Gasteiger partial charge in [0.2, 0.25) is 11.7 Å². The number of para-hydroxylation sites is 3. The first-order valence-electron chi connectivity index (χ1n) is 21.4. The summed E-state index contributed by atoms with van der Waals surface area (Å²) in [5.41, 5.74) is 2.69. The Balaban J connectivity index is 0.000000485. The van der Waals surface area contributed by atoms with E-state index in [0.717, 1.165) is 47.1 Å². The number of ether oxygens (including phenoxy) is 4. The number of benzene rings is 4. The van der Waals surface area contributed by atoms with E-state index in [0.29, 0.717) is 29.9 Å². The van der Waals surface area contributed by atoms with Crippen LogP contribution < -0.4 is 34.2 Å². The van der Waals surface area contributed by atoms with E-state index in [2.05, 4.69) is 25.7 Å². The van der Waals surface area contributed by atoms with Crippen LogP contribution in [0.3, 0.4) is 0 Å². The Kier molecular flexibility index (Phi) is 29.6. The Morgan fingerprint density at radius 2 is 1.65 bits per heavy atom. The second kappa shape index (κ2) is 32.6. The van der Waals surface area contributed by atoms with Crippen LogP contribution in [0.15, 0.2) is 78.9 Å². The maximum absolute atomic E-state index is 12.6. The minimum Gasteiger partial charge on any atom is -0.778 e. The van der Waals surface area contributed by atoms with Gasteiger partial charge < -0.3 is 43.3 Å². The first-order chi connectivity index (χ1) is 33.6. The van der Waals surface area contributed by atoms with Crippen molar-refractivity contribution in [3.8, 4) is 23.0 Å². The molecule has 1 heterocycles. The van der Waals surface area contributed by atoms with E-state index >= 15 is 0 Å². The number of fused-ring (bicyclic) bond motifs is 1. The first kappa shape index (κ1) is 65.5. The van der Waals surface area contributed by atoms with E-state index in [1.165, 1.54) is 18.2 Å². The molecule has 0 radical (unpaired) electrons. The van der Waals surface area contributed by atoms with E-state index in [-0.39, 0.29) is 65.0 Å². The molecular formula is C46H58Cl4F3N4O13PS. The fraction of sp³-hybridized carbons (Fsp3) is 0.413. The Morgan fingerprint density at radius 1 is 1.01 bits per heavy atom. The summed E-state index contributed by atoms with van der Waals surface area (Å²) in [6, 6.07) is 19.7. The van der Waals surface area contributed by atoms with E-state index in [1.807, 2.05) is 68.6 Å². The lowest BCUT2D eigenvalue weighted by Gasteiger charge is -2.35. The number of nitrogens with one attached hydrogen (secondary N) is 1. The SMILES string of the molecule is CC1COc2ccccc2N1C(=O)C(Cl)Cl.CCOCN(C(=O)CCl)c1c(C)cccc1CC.CCOc1cc(Oc2ccc(C(F)(F)F)cc2Cl)ccc1[N+](=O)[O-].C[S+](C)C.O=C(O)CNCP(=O)([O-])O. The summed E-state index contributed by atoms with van der Waals surface area (Å²) in [7, 11) is -3.71. The number of amides is 2. The third kappa shape index (κ3) is 23.6. The minimum atomic E-state index is -4.52. The van der Waals surface area contributed by atoms with Crippen molar-refractivity contribution in [2.45, 2.75) is 58.1 Å². The molecule has 4 aromatic rings. The number of nitro groups is 1. The van der Waals surface area contributed by atoms with Crippen LogP contribution in [-0.4, -0.2) is 108 Å². The van der Waals surface area contributed by atoms with Gasteiger partial charge in [-0.3, -0.25) is 34.7 Å². The van der Waals surface area contributed by atoms with Crippen LogP contribution in [0, 0.1) is 17.0 Å². The molecule has 72 heavy (non-hydrogen) atoms. The normalized spacial score (nSPS) is 13.4. The molecule has 17 nitrogen and oxygen atoms in total. The minimum absolute atomic E-state index is 0.0111. The summed E-state index contributed by atoms with van der Waals surface area (Å²) in [4.78, 5) is 64.1. The fourth-order valence-corrected chi connectivity index (χ4v) is 6.79. The number of nitro benzene ring substituents is 1. The number of carboxylic acids is 1. The molecule has 0 aromatic heterocycles. The number of aryl methyl sites for hydroxylation is 2. The number of carbonyl (C=O) groups excluding carboxylic acids is 2. The van der Waals surface area contributed by atoms with Crippen LogP contribution in [0.25, 0.3) is 0 Å². The van der Waals surface area contributed by atoms with Crippen molar-refractivity contribution in [1.29, 1.82) is 0 Å². The summed E-state index contributed by atoms with van der Waals surface area (Å²) in [5.74, 6) is -0.850. The maximum atomic E-state index is 12.6. The molecule has 2 unspecified atom stereocenters. The van der Waals surface area contributed by atoms with Gasteiger partial charge in [-0.1, -0.05) is 72.1 Å². The van der Waals surface area contributed by atoms with Crippen molar-refractivity contribution >= 4 is 99.7 Å². The number of hydrogen-bond donors (Lipinski definition) is 3. The molecule has 3 N–H and O–H groups in total. The molecular weight excluding hydrogens is 1080 g/mol. The number of rotatable bonds is 16. The predicted octanol–water partition coefficient (Wildman–Crippen LogP) is 9.84. The number of anilines is 2. The van der Waals surface area contributed by atoms with Gasteiger partial charge in [0.05, 0.1) is 71.1 Å². The van der Waals surface area contributed by atoms with Gasteiger partial charge in [0.15, 0.2) is 4.84 Å². The largest absolute Gasteiger partial charge is 0.778 e. The summed E-state index contributed by atoms with van der Waals surface area (Å²) in [5, 5.41) is 20.6. The lowest BCUT2D eigenvalue weighted by atomic mass is 10.0. The number of halogens is 7. The van der Waals surface area contributed by atoms with Crippen molar-refractivity contribution in [3.63, 3.8) is 0 Å². The second-order valence-electron chi connectivity index (χ2n) is 15.1. The van der Waals surface area contributed by atoms with E-state index in [1.54, 1.807) is 16.7 Å². The van der Waals surface area contributed by atoms with Crippen molar-refractivity contribution in [2.75, 3.05) is 73.8 Å². The molecule has 0 spiro atoms. The van der Waals surface area contributed by atoms with Gasteiger partial charge >= 0.3 is 17.8 Å². The van der Waals surface area contributed by atoms with E-state index in [9.17, 15) is 47.1 Å². The highest BCUT2D eigenvalue weighted by Gasteiger charge is 2.33. The molecule has 0 bridgehead atoms. The number of nitrogens with zero attached hydrogens (tertiary/aromatic N) is 3. The zero-order valence-corrected chi connectivity index (χ0v) is 45.3. The third-order valence-electron chi connectivity index (χ3n) is 8.78. The molecule has 1 aliphatic heterocycles. The number of alkyl halides is 6. The van der Waals surface area contributed by atoms with Crippen LogP contribution in [0.1, 0.15) is 44.4 Å². The number of carbonyl (C=O) groups is 3. The Hall–Kier alpha value is -4.54. The summed E-state index contributed by atoms with van der Waals surface area (Å²) < 4.78 is 69.2. The molecule has 400 valence electrons. The highest BCUT2D eigenvalue weighted by atomic mass is 35.5. The molecule has 4 aromatic carbocycles. The molecule has 1 aliphatic rings. The van der Waals surface area contributed by atoms with Crippen molar-refractivity contribution in [2.24, 2.45) is 0 Å². The fourth-order valence-electron chi connectivity index (χ4n) is 5.82. The van der Waals surface area contributed by atoms with Crippen LogP contribution in [0.2, 0.25) is 5.02 Å². The zero-order chi connectivity index (χ0) is 54.9. The van der Waals surface area contributed by atoms with Gasteiger partial charge in [-0.15, -0.1) is 11.6 Å². The number of aliphatic carboxylic acids is 1. The van der Waals surface area contributed by atoms with Gasteiger partial charge in [-0.2, -0.15) is 13.2 Å². The molecule has 0 fully saturated rings. The average Bonchev–Trinajstić information content (AvgIpc) is 3.29.